The number of carbonyl (C=O) groups excluding carboxylic acids is 1. The van der Waals surface area contributed by atoms with Crippen molar-refractivity contribution in [1.29, 1.82) is 0 Å². The number of nitrogens with two attached hydrogens (primary N) is 1. The monoisotopic (exact) mass is 314 g/mol. The highest BCUT2D eigenvalue weighted by Gasteiger charge is 2.23. The molecule has 6 heteroatoms. The average molecular weight is 315 g/mol. The number of anilines is 1. The molecule has 1 fully saturated rings. The Kier molecular flexibility index (Phi) is 7.50. The number of nitrogens with zero attached hydrogens (tertiary/aromatic N) is 1. The second-order valence-electron chi connectivity index (χ2n) is 4.99. The minimum Gasteiger partial charge on any atom is -0.399 e. The first-order valence-electron chi connectivity index (χ1n) is 6.92. The van der Waals surface area contributed by atoms with Gasteiger partial charge in [0, 0.05) is 32.3 Å². The van der Waals surface area contributed by atoms with E-state index in [1.807, 2.05) is 29.2 Å². The van der Waals surface area contributed by atoms with Crippen LogP contribution in [0.1, 0.15) is 12.0 Å². The molecule has 2 N–H and O–H groups in total. The third-order valence-corrected chi connectivity index (χ3v) is 3.51. The molecule has 1 aromatic carbocycles. The Hall–Kier alpha value is -1.30. The lowest BCUT2D eigenvalue weighted by molar-refractivity contribution is -0.140. The zero-order chi connectivity index (χ0) is 14.4. The Morgan fingerprint density at radius 1 is 1.48 bits per heavy atom. The fourth-order valence-corrected chi connectivity index (χ4v) is 2.39. The van der Waals surface area contributed by atoms with E-state index in [9.17, 15) is 4.79 Å². The molecule has 1 unspecified atom stereocenters. The maximum absolute atomic E-state index is 12.2. The number of amides is 1. The second-order valence-corrected chi connectivity index (χ2v) is 4.99. The van der Waals surface area contributed by atoms with Crippen molar-refractivity contribution in [2.45, 2.75) is 18.9 Å². The first-order valence-corrected chi connectivity index (χ1v) is 6.92. The van der Waals surface area contributed by atoms with Crippen molar-refractivity contribution in [1.82, 2.24) is 4.90 Å². The van der Waals surface area contributed by atoms with Gasteiger partial charge >= 0.3 is 0 Å². The zero-order valence-corrected chi connectivity index (χ0v) is 13.1. The van der Waals surface area contributed by atoms with Crippen molar-refractivity contribution in [3.63, 3.8) is 0 Å². The van der Waals surface area contributed by atoms with E-state index in [1.54, 1.807) is 7.11 Å². The summed E-state index contributed by atoms with van der Waals surface area (Å²) in [5.74, 6) is 0.151. The van der Waals surface area contributed by atoms with E-state index >= 15 is 0 Å². The summed E-state index contributed by atoms with van der Waals surface area (Å²) < 4.78 is 10.6. The molecular formula is C15H23ClN2O3. The van der Waals surface area contributed by atoms with Gasteiger partial charge in [-0.1, -0.05) is 18.2 Å². The summed E-state index contributed by atoms with van der Waals surface area (Å²) in [5.41, 5.74) is 7.67. The van der Waals surface area contributed by atoms with E-state index in [1.165, 1.54) is 0 Å². The summed E-state index contributed by atoms with van der Waals surface area (Å²) in [7, 11) is 1.64. The highest BCUT2D eigenvalue weighted by Crippen LogP contribution is 2.14. The SMILES string of the molecule is COCC1CN(C(=O)CCc2ccccc2N)CCO1.Cl. The van der Waals surface area contributed by atoms with E-state index in [0.717, 1.165) is 11.3 Å². The number of para-hydroxylation sites is 1. The van der Waals surface area contributed by atoms with Gasteiger partial charge in [-0.15, -0.1) is 12.4 Å². The fourth-order valence-electron chi connectivity index (χ4n) is 2.39. The van der Waals surface area contributed by atoms with Gasteiger partial charge in [-0.25, -0.2) is 0 Å². The quantitative estimate of drug-likeness (QED) is 0.837. The lowest BCUT2D eigenvalue weighted by Gasteiger charge is -2.32. The predicted octanol–water partition coefficient (Wildman–Crippen LogP) is 1.50. The molecule has 1 saturated heterocycles. The molecule has 1 aliphatic heterocycles. The van der Waals surface area contributed by atoms with E-state index in [-0.39, 0.29) is 24.4 Å². The smallest absolute Gasteiger partial charge is 0.223 e. The van der Waals surface area contributed by atoms with Crippen LogP contribution in [0.4, 0.5) is 5.69 Å². The second kappa shape index (κ2) is 8.87. The molecule has 1 atom stereocenters. The van der Waals surface area contributed by atoms with Crippen LogP contribution in [-0.2, 0) is 20.7 Å². The average Bonchev–Trinajstić information content (AvgIpc) is 2.47. The molecule has 0 radical (unpaired) electrons. The van der Waals surface area contributed by atoms with Gasteiger partial charge in [0.05, 0.1) is 19.3 Å². The summed E-state index contributed by atoms with van der Waals surface area (Å²) in [6.07, 6.45) is 1.14. The lowest BCUT2D eigenvalue weighted by atomic mass is 10.1. The molecule has 0 saturated carbocycles. The van der Waals surface area contributed by atoms with Crippen molar-refractivity contribution in [3.05, 3.63) is 29.8 Å². The third-order valence-electron chi connectivity index (χ3n) is 3.51. The minimum atomic E-state index is -0.0144. The third kappa shape index (κ3) is 5.19. The van der Waals surface area contributed by atoms with Crippen LogP contribution in [0.5, 0.6) is 0 Å². The molecule has 0 spiro atoms. The maximum atomic E-state index is 12.2. The topological polar surface area (TPSA) is 64.8 Å². The number of methoxy groups -OCH3 is 1. The Morgan fingerprint density at radius 2 is 2.24 bits per heavy atom. The van der Waals surface area contributed by atoms with Crippen LogP contribution in [-0.4, -0.2) is 50.3 Å². The Bertz CT molecular complexity index is 454. The molecule has 1 amide bonds. The number of nitrogen functional groups attached to an aromatic ring is 1. The highest BCUT2D eigenvalue weighted by molar-refractivity contribution is 5.85. The van der Waals surface area contributed by atoms with Gasteiger partial charge in [-0.05, 0) is 18.1 Å². The maximum Gasteiger partial charge on any atom is 0.223 e. The standard InChI is InChI=1S/C15H22N2O3.ClH/c1-19-11-13-10-17(8-9-20-13)15(18)7-6-12-4-2-3-5-14(12)16;/h2-5,13H,6-11,16H2,1H3;1H. The van der Waals surface area contributed by atoms with Gasteiger partial charge < -0.3 is 20.1 Å². The Balaban J connectivity index is 0.00000220. The van der Waals surface area contributed by atoms with Crippen LogP contribution in [0.3, 0.4) is 0 Å². The fraction of sp³-hybridized carbons (Fsp3) is 0.533. The van der Waals surface area contributed by atoms with E-state index in [0.29, 0.717) is 39.1 Å². The van der Waals surface area contributed by atoms with Crippen molar-refractivity contribution >= 4 is 24.0 Å². The number of rotatable bonds is 5. The molecule has 1 aromatic rings. The predicted molar refractivity (Wildman–Crippen MR) is 84.6 cm³/mol. The van der Waals surface area contributed by atoms with Crippen LogP contribution in [0.15, 0.2) is 24.3 Å². The van der Waals surface area contributed by atoms with Gasteiger partial charge in [-0.3, -0.25) is 4.79 Å². The number of hydrogen-bond donors (Lipinski definition) is 1. The number of halogens is 1. The molecule has 21 heavy (non-hydrogen) atoms. The summed E-state index contributed by atoms with van der Waals surface area (Å²) >= 11 is 0. The highest BCUT2D eigenvalue weighted by atomic mass is 35.5. The number of ether oxygens (including phenoxy) is 2. The molecule has 0 bridgehead atoms. The molecule has 118 valence electrons. The number of benzene rings is 1. The molecule has 2 rings (SSSR count). The molecule has 1 heterocycles. The minimum absolute atomic E-state index is 0. The molecule has 0 aromatic heterocycles. The number of aryl methyl sites for hydroxylation is 1. The van der Waals surface area contributed by atoms with Crippen LogP contribution < -0.4 is 5.73 Å². The van der Waals surface area contributed by atoms with Gasteiger partial charge in [0.15, 0.2) is 0 Å². The van der Waals surface area contributed by atoms with E-state index < -0.39 is 0 Å². The molecule has 1 aliphatic rings. The Labute approximate surface area is 131 Å². The van der Waals surface area contributed by atoms with Gasteiger partial charge in [-0.2, -0.15) is 0 Å². The Morgan fingerprint density at radius 3 is 2.95 bits per heavy atom. The van der Waals surface area contributed by atoms with Crippen LogP contribution in [0.25, 0.3) is 0 Å². The van der Waals surface area contributed by atoms with Crippen molar-refractivity contribution in [2.24, 2.45) is 0 Å². The molecule has 0 aliphatic carbocycles. The van der Waals surface area contributed by atoms with E-state index in [2.05, 4.69) is 0 Å². The first kappa shape index (κ1) is 17.8. The molecular weight excluding hydrogens is 292 g/mol. The zero-order valence-electron chi connectivity index (χ0n) is 12.3. The molecule has 5 nitrogen and oxygen atoms in total. The van der Waals surface area contributed by atoms with Crippen molar-refractivity contribution < 1.29 is 14.3 Å². The van der Waals surface area contributed by atoms with Crippen molar-refractivity contribution in [2.75, 3.05) is 39.1 Å². The van der Waals surface area contributed by atoms with Crippen LogP contribution in [0.2, 0.25) is 0 Å². The lowest BCUT2D eigenvalue weighted by Crippen LogP contribution is -2.47. The van der Waals surface area contributed by atoms with E-state index in [4.69, 9.17) is 15.2 Å². The summed E-state index contributed by atoms with van der Waals surface area (Å²) in [5, 5.41) is 0. The van der Waals surface area contributed by atoms with Crippen LogP contribution >= 0.6 is 12.4 Å². The number of hydrogen-bond acceptors (Lipinski definition) is 4. The largest absolute Gasteiger partial charge is 0.399 e. The normalized spacial score (nSPS) is 18.1. The van der Waals surface area contributed by atoms with Gasteiger partial charge in [0.1, 0.15) is 0 Å². The number of morpholine rings is 1. The summed E-state index contributed by atoms with van der Waals surface area (Å²) in [6.45, 7) is 2.36. The summed E-state index contributed by atoms with van der Waals surface area (Å²) in [4.78, 5) is 14.1. The van der Waals surface area contributed by atoms with Crippen molar-refractivity contribution in [3.8, 4) is 0 Å². The number of carbonyl (C=O) groups is 1. The van der Waals surface area contributed by atoms with Crippen LogP contribution in [0, 0.1) is 0 Å². The van der Waals surface area contributed by atoms with Gasteiger partial charge in [0.2, 0.25) is 5.91 Å². The van der Waals surface area contributed by atoms with Gasteiger partial charge in [0.25, 0.3) is 0 Å². The first-order chi connectivity index (χ1) is 9.70. The summed E-state index contributed by atoms with van der Waals surface area (Å²) in [6, 6.07) is 7.68.